The van der Waals surface area contributed by atoms with Crippen molar-refractivity contribution in [2.75, 3.05) is 13.2 Å². The van der Waals surface area contributed by atoms with Gasteiger partial charge in [-0.15, -0.1) is 0 Å². The van der Waals surface area contributed by atoms with Gasteiger partial charge in [0.15, 0.2) is 6.29 Å². The molecular formula is C47H93NO10. The van der Waals surface area contributed by atoms with Crippen molar-refractivity contribution in [1.82, 2.24) is 5.32 Å². The Bertz CT molecular complexity index is 928. The van der Waals surface area contributed by atoms with Crippen LogP contribution in [0.1, 0.15) is 220 Å². The van der Waals surface area contributed by atoms with Crippen molar-refractivity contribution in [3.8, 4) is 0 Å². The number of carbonyl (C=O) groups excluding carboxylic acids is 1. The second-order valence-electron chi connectivity index (χ2n) is 17.8. The van der Waals surface area contributed by atoms with Crippen molar-refractivity contribution in [2.24, 2.45) is 5.92 Å². The molecule has 1 rings (SSSR count). The van der Waals surface area contributed by atoms with Crippen molar-refractivity contribution in [2.45, 2.75) is 275 Å². The highest BCUT2D eigenvalue weighted by atomic mass is 16.7. The average Bonchev–Trinajstić information content (AvgIpc) is 3.22. The van der Waals surface area contributed by atoms with Gasteiger partial charge in [-0.1, -0.05) is 207 Å². The molecule has 0 aliphatic carbocycles. The molecule has 1 amide bonds. The molecule has 0 spiro atoms. The van der Waals surface area contributed by atoms with E-state index in [0.717, 1.165) is 44.4 Å². The van der Waals surface area contributed by atoms with Crippen LogP contribution >= 0.6 is 0 Å². The van der Waals surface area contributed by atoms with Gasteiger partial charge in [-0.05, 0) is 18.8 Å². The highest BCUT2D eigenvalue weighted by Gasteiger charge is 2.44. The van der Waals surface area contributed by atoms with Gasteiger partial charge in [-0.2, -0.15) is 0 Å². The molecule has 0 radical (unpaired) electrons. The first-order chi connectivity index (χ1) is 28.1. The summed E-state index contributed by atoms with van der Waals surface area (Å²) in [5.41, 5.74) is 0. The first kappa shape index (κ1) is 55.1. The van der Waals surface area contributed by atoms with Crippen LogP contribution < -0.4 is 5.32 Å². The number of hydrogen-bond acceptors (Lipinski definition) is 10. The molecular weight excluding hydrogens is 739 g/mol. The van der Waals surface area contributed by atoms with E-state index in [2.05, 4.69) is 26.1 Å². The van der Waals surface area contributed by atoms with Gasteiger partial charge >= 0.3 is 0 Å². The first-order valence-electron chi connectivity index (χ1n) is 24.3. The van der Waals surface area contributed by atoms with Crippen LogP contribution in [-0.4, -0.2) is 110 Å². The molecule has 0 aromatic rings. The summed E-state index contributed by atoms with van der Waals surface area (Å²) in [7, 11) is 0. The number of ether oxygens (including phenoxy) is 2. The lowest BCUT2D eigenvalue weighted by atomic mass is 9.98. The minimum absolute atomic E-state index is 0.265. The summed E-state index contributed by atoms with van der Waals surface area (Å²) >= 11 is 0. The number of aliphatic hydroxyl groups excluding tert-OH is 7. The van der Waals surface area contributed by atoms with Crippen LogP contribution in [0, 0.1) is 5.92 Å². The highest BCUT2D eigenvalue weighted by Crippen LogP contribution is 2.23. The van der Waals surface area contributed by atoms with E-state index in [-0.39, 0.29) is 6.42 Å². The number of rotatable bonds is 40. The van der Waals surface area contributed by atoms with Crippen LogP contribution in [0.5, 0.6) is 0 Å². The number of amides is 1. The Morgan fingerprint density at radius 3 is 1.43 bits per heavy atom. The summed E-state index contributed by atoms with van der Waals surface area (Å²) < 4.78 is 11.1. The molecule has 8 N–H and O–H groups in total. The van der Waals surface area contributed by atoms with Crippen LogP contribution in [0.4, 0.5) is 0 Å². The third-order valence-electron chi connectivity index (χ3n) is 12.5. The van der Waals surface area contributed by atoms with Crippen molar-refractivity contribution in [3.05, 3.63) is 0 Å². The van der Waals surface area contributed by atoms with Crippen LogP contribution in [0.15, 0.2) is 0 Å². The van der Waals surface area contributed by atoms with Crippen LogP contribution in [-0.2, 0) is 14.3 Å². The fourth-order valence-corrected chi connectivity index (χ4v) is 8.01. The van der Waals surface area contributed by atoms with E-state index in [9.17, 15) is 40.5 Å². The average molecular weight is 832 g/mol. The van der Waals surface area contributed by atoms with Gasteiger partial charge in [0, 0.05) is 0 Å². The summed E-state index contributed by atoms with van der Waals surface area (Å²) in [6.07, 6.45) is 24.4. The molecule has 11 nitrogen and oxygen atoms in total. The second-order valence-corrected chi connectivity index (χ2v) is 17.8. The van der Waals surface area contributed by atoms with Gasteiger partial charge in [0.1, 0.15) is 36.6 Å². The predicted molar refractivity (Wildman–Crippen MR) is 233 cm³/mol. The molecule has 1 saturated heterocycles. The highest BCUT2D eigenvalue weighted by molar-refractivity contribution is 5.80. The lowest BCUT2D eigenvalue weighted by Gasteiger charge is -2.40. The third-order valence-corrected chi connectivity index (χ3v) is 12.5. The fraction of sp³-hybridized carbons (Fsp3) is 0.979. The third kappa shape index (κ3) is 26.4. The molecule has 1 unspecified atom stereocenters. The van der Waals surface area contributed by atoms with E-state index in [1.807, 2.05) is 0 Å². The minimum atomic E-state index is -1.66. The van der Waals surface area contributed by atoms with E-state index in [1.165, 1.54) is 135 Å². The SMILES string of the molecule is CCCCCCCCCCCCCCCCCCCCC[C@@H](O)C(=O)N[C@@H](CO[C@@H]1O[C@H](CO)[C@@H](O)[C@H](O)[C@H]1O)[C@H](O)[C@H](O)CCCCCCCCCCC(C)CC. The van der Waals surface area contributed by atoms with Crippen LogP contribution in [0.3, 0.4) is 0 Å². The molecule has 0 bridgehead atoms. The Morgan fingerprint density at radius 1 is 0.586 bits per heavy atom. The predicted octanol–water partition coefficient (Wildman–Crippen LogP) is 8.14. The lowest BCUT2D eigenvalue weighted by molar-refractivity contribution is -0.303. The topological polar surface area (TPSA) is 189 Å². The number of carbonyl (C=O) groups is 1. The van der Waals surface area contributed by atoms with Crippen molar-refractivity contribution < 1.29 is 50.0 Å². The van der Waals surface area contributed by atoms with Gasteiger partial charge < -0.3 is 50.5 Å². The Kier molecular flexibility index (Phi) is 34.9. The van der Waals surface area contributed by atoms with Gasteiger partial charge in [0.2, 0.25) is 5.91 Å². The molecule has 0 saturated carbocycles. The maximum Gasteiger partial charge on any atom is 0.249 e. The van der Waals surface area contributed by atoms with E-state index >= 15 is 0 Å². The Labute approximate surface area is 354 Å². The quantitative estimate of drug-likeness (QED) is 0.0280. The molecule has 10 atom stereocenters. The molecule has 1 aliphatic rings. The van der Waals surface area contributed by atoms with Crippen LogP contribution in [0.2, 0.25) is 0 Å². The number of nitrogens with one attached hydrogen (secondary N) is 1. The zero-order valence-corrected chi connectivity index (χ0v) is 37.5. The molecule has 1 fully saturated rings. The summed E-state index contributed by atoms with van der Waals surface area (Å²) in [6.45, 7) is 5.76. The molecule has 58 heavy (non-hydrogen) atoms. The molecule has 11 heteroatoms. The zero-order valence-electron chi connectivity index (χ0n) is 37.5. The zero-order chi connectivity index (χ0) is 42.8. The largest absolute Gasteiger partial charge is 0.394 e. The smallest absolute Gasteiger partial charge is 0.249 e. The van der Waals surface area contributed by atoms with E-state index in [1.54, 1.807) is 0 Å². The summed E-state index contributed by atoms with van der Waals surface area (Å²) in [6, 6.07) is -1.16. The molecule has 0 aromatic heterocycles. The standard InChI is InChI=1S/C47H93NO10/c1-4-6-7-8-9-10-11-12-13-14-15-16-17-18-19-20-25-28-31-34-40(51)46(56)48-38(36-57-47-45(55)44(54)43(53)41(35-49)58-47)42(52)39(50)33-30-27-24-22-21-23-26-29-32-37(3)5-2/h37-45,47,49-55H,4-36H2,1-3H3,(H,48,56)/t37?,38-,39+,40+,41+,42-,43+,44-,45+,47+/m0/s1. The summed E-state index contributed by atoms with van der Waals surface area (Å²) in [5.74, 6) is 0.104. The van der Waals surface area contributed by atoms with Crippen molar-refractivity contribution in [1.29, 1.82) is 0 Å². The summed E-state index contributed by atoms with van der Waals surface area (Å²) in [5, 5.41) is 75.7. The maximum atomic E-state index is 13.1. The molecule has 0 aromatic carbocycles. The lowest BCUT2D eigenvalue weighted by Crippen LogP contribution is -2.60. The van der Waals surface area contributed by atoms with Gasteiger partial charge in [0.05, 0.1) is 25.4 Å². The monoisotopic (exact) mass is 832 g/mol. The Hall–Kier alpha value is -0.890. The van der Waals surface area contributed by atoms with Crippen LogP contribution in [0.25, 0.3) is 0 Å². The van der Waals surface area contributed by atoms with Gasteiger partial charge in [-0.3, -0.25) is 4.79 Å². The van der Waals surface area contributed by atoms with Crippen molar-refractivity contribution >= 4 is 5.91 Å². The number of unbranched alkanes of at least 4 members (excludes halogenated alkanes) is 25. The number of aliphatic hydroxyl groups is 7. The molecule has 1 heterocycles. The first-order valence-corrected chi connectivity index (χ1v) is 24.3. The molecule has 1 aliphatic heterocycles. The van der Waals surface area contributed by atoms with E-state index in [0.29, 0.717) is 19.3 Å². The molecule has 346 valence electrons. The Morgan fingerprint density at radius 2 is 1.00 bits per heavy atom. The summed E-state index contributed by atoms with van der Waals surface area (Å²) in [4.78, 5) is 13.1. The minimum Gasteiger partial charge on any atom is -0.394 e. The Balaban J connectivity index is 2.40. The second kappa shape index (κ2) is 36.7. The van der Waals surface area contributed by atoms with Gasteiger partial charge in [0.25, 0.3) is 0 Å². The van der Waals surface area contributed by atoms with Crippen molar-refractivity contribution in [3.63, 3.8) is 0 Å². The fourth-order valence-electron chi connectivity index (χ4n) is 8.01. The number of hydrogen-bond donors (Lipinski definition) is 8. The normalized spacial score (nSPS) is 22.4. The van der Waals surface area contributed by atoms with E-state index in [4.69, 9.17) is 9.47 Å². The maximum absolute atomic E-state index is 13.1. The van der Waals surface area contributed by atoms with E-state index < -0.39 is 74.2 Å². The van der Waals surface area contributed by atoms with Gasteiger partial charge in [-0.25, -0.2) is 0 Å².